The second-order valence-corrected chi connectivity index (χ2v) is 7.40. The van der Waals surface area contributed by atoms with Crippen molar-refractivity contribution in [3.8, 4) is 23.1 Å². The van der Waals surface area contributed by atoms with Crippen LogP contribution in [0.1, 0.15) is 42.1 Å². The molecule has 0 saturated carbocycles. The average Bonchev–Trinajstić information content (AvgIpc) is 3.22. The largest absolute Gasteiger partial charge is 0.422 e. The quantitative estimate of drug-likeness (QED) is 0.681. The van der Waals surface area contributed by atoms with Crippen molar-refractivity contribution in [2.75, 3.05) is 0 Å². The Hall–Kier alpha value is -3.39. The molecule has 0 amide bonds. The lowest BCUT2D eigenvalue weighted by Crippen LogP contribution is -2.45. The van der Waals surface area contributed by atoms with Crippen molar-refractivity contribution in [1.29, 1.82) is 10.7 Å². The van der Waals surface area contributed by atoms with Gasteiger partial charge >= 0.3 is 0 Å². The molecular formula is C22H18N4O. The molecule has 1 atom stereocenters. The van der Waals surface area contributed by atoms with E-state index in [1.807, 2.05) is 24.3 Å². The lowest BCUT2D eigenvalue weighted by atomic mass is 9.62. The standard InChI is InChI=1S/C22H18N4O/c1-12(2)19-18-21(26-25-19)27-20(24)17(11-23)22(18)15-9-5-3-7-13(15)14-8-4-6-10-16(14)22/h3-10,12,17,24H,1-2H3,(H,25,26). The predicted molar refractivity (Wildman–Crippen MR) is 102 cm³/mol. The van der Waals surface area contributed by atoms with Gasteiger partial charge in [0.2, 0.25) is 11.8 Å². The topological polar surface area (TPSA) is 85.5 Å². The van der Waals surface area contributed by atoms with Crippen LogP contribution in [0, 0.1) is 22.7 Å². The highest BCUT2D eigenvalue weighted by Gasteiger charge is 2.58. The molecular weight excluding hydrogens is 336 g/mol. The zero-order valence-corrected chi connectivity index (χ0v) is 15.1. The summed E-state index contributed by atoms with van der Waals surface area (Å²) in [5.41, 5.74) is 5.32. The second kappa shape index (κ2) is 5.31. The molecule has 5 rings (SSSR count). The van der Waals surface area contributed by atoms with Gasteiger partial charge in [0, 0.05) is 5.69 Å². The minimum Gasteiger partial charge on any atom is -0.422 e. The third kappa shape index (κ3) is 1.77. The minimum atomic E-state index is -0.792. The van der Waals surface area contributed by atoms with Crippen molar-refractivity contribution in [1.82, 2.24) is 10.2 Å². The summed E-state index contributed by atoms with van der Waals surface area (Å²) in [5.74, 6) is -0.238. The van der Waals surface area contributed by atoms with E-state index in [0.717, 1.165) is 33.5 Å². The molecule has 2 aliphatic rings. The van der Waals surface area contributed by atoms with Crippen LogP contribution in [0.25, 0.3) is 11.1 Å². The number of nitrogens with zero attached hydrogens (tertiary/aromatic N) is 2. The maximum Gasteiger partial charge on any atom is 0.244 e. The SMILES string of the molecule is CC(C)c1[nH]nc2c1C1(c3ccccc3-c3ccccc31)C(C#N)C(=N)O2. The fourth-order valence-corrected chi connectivity index (χ4v) is 4.72. The number of aromatic amines is 1. The molecule has 5 heteroatoms. The molecule has 1 aliphatic heterocycles. The van der Waals surface area contributed by atoms with Crippen LogP contribution in [0.4, 0.5) is 0 Å². The van der Waals surface area contributed by atoms with Crippen molar-refractivity contribution in [2.24, 2.45) is 5.92 Å². The van der Waals surface area contributed by atoms with Gasteiger partial charge in [-0.1, -0.05) is 62.4 Å². The van der Waals surface area contributed by atoms with Gasteiger partial charge in [-0.25, -0.2) is 0 Å². The first-order valence-electron chi connectivity index (χ1n) is 9.04. The molecule has 1 unspecified atom stereocenters. The molecule has 1 spiro atoms. The number of hydrogen-bond acceptors (Lipinski definition) is 4. The number of hydrogen-bond donors (Lipinski definition) is 2. The molecule has 1 aliphatic carbocycles. The lowest BCUT2D eigenvalue weighted by molar-refractivity contribution is 0.392. The fourth-order valence-electron chi connectivity index (χ4n) is 4.72. The van der Waals surface area contributed by atoms with Crippen LogP contribution in [0.15, 0.2) is 48.5 Å². The summed E-state index contributed by atoms with van der Waals surface area (Å²) >= 11 is 0. The summed E-state index contributed by atoms with van der Waals surface area (Å²) in [4.78, 5) is 0. The van der Waals surface area contributed by atoms with Gasteiger partial charge < -0.3 is 4.74 Å². The van der Waals surface area contributed by atoms with Gasteiger partial charge in [0.15, 0.2) is 0 Å². The van der Waals surface area contributed by atoms with Gasteiger partial charge in [-0.3, -0.25) is 10.5 Å². The number of rotatable bonds is 1. The number of H-pyrrole nitrogens is 1. The van der Waals surface area contributed by atoms with Crippen molar-refractivity contribution in [3.63, 3.8) is 0 Å². The number of nitriles is 1. The molecule has 0 radical (unpaired) electrons. The summed E-state index contributed by atoms with van der Waals surface area (Å²) in [6.07, 6.45) is 0. The number of benzene rings is 2. The highest BCUT2D eigenvalue weighted by Crippen LogP contribution is 2.60. The molecule has 2 N–H and O–H groups in total. The normalized spacial score (nSPS) is 18.6. The molecule has 5 nitrogen and oxygen atoms in total. The van der Waals surface area contributed by atoms with Gasteiger partial charge in [0.25, 0.3) is 0 Å². The Bertz CT molecular complexity index is 1090. The molecule has 1 aromatic heterocycles. The fraction of sp³-hybridized carbons (Fsp3) is 0.227. The van der Waals surface area contributed by atoms with Crippen LogP contribution >= 0.6 is 0 Å². The first-order chi connectivity index (χ1) is 13.1. The summed E-state index contributed by atoms with van der Waals surface area (Å²) in [6, 6.07) is 18.7. The maximum atomic E-state index is 10.1. The molecule has 132 valence electrons. The first-order valence-corrected chi connectivity index (χ1v) is 9.04. The van der Waals surface area contributed by atoms with Crippen molar-refractivity contribution < 1.29 is 4.74 Å². The monoisotopic (exact) mass is 354 g/mol. The molecule has 2 aromatic carbocycles. The van der Waals surface area contributed by atoms with E-state index in [1.54, 1.807) is 0 Å². The Morgan fingerprint density at radius 3 is 2.26 bits per heavy atom. The van der Waals surface area contributed by atoms with Crippen molar-refractivity contribution in [3.05, 3.63) is 70.9 Å². The average molecular weight is 354 g/mol. The van der Waals surface area contributed by atoms with E-state index < -0.39 is 11.3 Å². The van der Waals surface area contributed by atoms with E-state index in [9.17, 15) is 5.26 Å². The van der Waals surface area contributed by atoms with Crippen LogP contribution in [-0.4, -0.2) is 16.1 Å². The number of aromatic nitrogens is 2. The summed E-state index contributed by atoms with van der Waals surface area (Å²) < 4.78 is 5.70. The highest BCUT2D eigenvalue weighted by molar-refractivity contribution is 5.94. The Morgan fingerprint density at radius 1 is 1.11 bits per heavy atom. The summed E-state index contributed by atoms with van der Waals surface area (Å²) in [5, 5.41) is 26.1. The van der Waals surface area contributed by atoms with E-state index in [-0.39, 0.29) is 11.8 Å². The van der Waals surface area contributed by atoms with Gasteiger partial charge in [-0.15, -0.1) is 5.10 Å². The van der Waals surface area contributed by atoms with Crippen LogP contribution in [-0.2, 0) is 5.41 Å². The Morgan fingerprint density at radius 2 is 1.70 bits per heavy atom. The van der Waals surface area contributed by atoms with Gasteiger partial charge in [0.05, 0.1) is 17.0 Å². The smallest absolute Gasteiger partial charge is 0.244 e. The Balaban J connectivity index is 2.00. The molecule has 2 heterocycles. The zero-order valence-electron chi connectivity index (χ0n) is 15.1. The molecule has 3 aromatic rings. The van der Waals surface area contributed by atoms with E-state index in [4.69, 9.17) is 10.1 Å². The van der Waals surface area contributed by atoms with E-state index in [1.165, 1.54) is 0 Å². The number of ether oxygens (including phenoxy) is 1. The Labute approximate surface area is 157 Å². The third-order valence-corrected chi connectivity index (χ3v) is 5.76. The van der Waals surface area contributed by atoms with Crippen LogP contribution in [0.5, 0.6) is 5.88 Å². The van der Waals surface area contributed by atoms with E-state index >= 15 is 0 Å². The van der Waals surface area contributed by atoms with E-state index in [0.29, 0.717) is 5.88 Å². The van der Waals surface area contributed by atoms with Gasteiger partial charge in [-0.2, -0.15) is 5.26 Å². The zero-order chi connectivity index (χ0) is 18.8. The van der Waals surface area contributed by atoms with Crippen LogP contribution in [0.2, 0.25) is 0 Å². The predicted octanol–water partition coefficient (Wildman–Crippen LogP) is 4.36. The van der Waals surface area contributed by atoms with Gasteiger partial charge in [-0.05, 0) is 28.2 Å². The van der Waals surface area contributed by atoms with E-state index in [2.05, 4.69) is 54.4 Å². The second-order valence-electron chi connectivity index (χ2n) is 7.40. The molecule has 27 heavy (non-hydrogen) atoms. The highest BCUT2D eigenvalue weighted by atomic mass is 16.5. The first kappa shape index (κ1) is 15.8. The maximum absolute atomic E-state index is 10.1. The van der Waals surface area contributed by atoms with Gasteiger partial charge in [0.1, 0.15) is 5.92 Å². The molecule has 0 bridgehead atoms. The number of nitrogens with one attached hydrogen (secondary N) is 2. The lowest BCUT2D eigenvalue weighted by Gasteiger charge is -2.39. The minimum absolute atomic E-state index is 0.0571. The van der Waals surface area contributed by atoms with Crippen LogP contribution < -0.4 is 4.74 Å². The number of fused-ring (bicyclic) bond motifs is 7. The summed E-state index contributed by atoms with van der Waals surface area (Å²) in [7, 11) is 0. The molecule has 0 fully saturated rings. The van der Waals surface area contributed by atoms with Crippen molar-refractivity contribution in [2.45, 2.75) is 25.2 Å². The Kier molecular flexibility index (Phi) is 3.11. The third-order valence-electron chi connectivity index (χ3n) is 5.76. The summed E-state index contributed by atoms with van der Waals surface area (Å²) in [6.45, 7) is 4.19. The van der Waals surface area contributed by atoms with Crippen molar-refractivity contribution >= 4 is 5.90 Å². The molecule has 0 saturated heterocycles. The van der Waals surface area contributed by atoms with Crippen LogP contribution in [0.3, 0.4) is 0 Å².